The maximum absolute atomic E-state index is 13.4. The van der Waals surface area contributed by atoms with Crippen LogP contribution >= 0.6 is 11.6 Å². The molecule has 1 aliphatic rings. The number of hydrogen-bond acceptors (Lipinski definition) is 3. The van der Waals surface area contributed by atoms with E-state index in [1.165, 1.54) is 32.2 Å². The highest BCUT2D eigenvalue weighted by molar-refractivity contribution is 6.32. The molecule has 0 bridgehead atoms. The molecule has 128 valence electrons. The average molecular weight is 353 g/mol. The summed E-state index contributed by atoms with van der Waals surface area (Å²) in [6.45, 7) is 2.19. The number of ether oxygens (including phenoxy) is 2. The van der Waals surface area contributed by atoms with Gasteiger partial charge in [0.15, 0.2) is 11.7 Å². The Morgan fingerprint density at radius 2 is 2.04 bits per heavy atom. The SMILES string of the molecule is COc1c(Cl)cccc1[C@H]1[C@H](C(=O)O)O[C@@](C)(C(F)(F)F)[C@H]1C. The molecular formula is C15H16ClF3O4. The lowest BCUT2D eigenvalue weighted by molar-refractivity contribution is -0.273. The number of aliphatic carboxylic acids is 1. The monoisotopic (exact) mass is 352 g/mol. The fraction of sp³-hybridized carbons (Fsp3) is 0.533. The molecule has 4 nitrogen and oxygen atoms in total. The molecule has 1 fully saturated rings. The van der Waals surface area contributed by atoms with Crippen LogP contribution in [0.4, 0.5) is 13.2 Å². The van der Waals surface area contributed by atoms with Crippen LogP contribution in [0.1, 0.15) is 25.3 Å². The number of para-hydroxylation sites is 1. The van der Waals surface area contributed by atoms with E-state index in [-0.39, 0.29) is 16.3 Å². The number of carboxylic acids is 1. The Balaban J connectivity index is 2.60. The van der Waals surface area contributed by atoms with E-state index < -0.39 is 35.7 Å². The number of rotatable bonds is 3. The highest BCUT2D eigenvalue weighted by atomic mass is 35.5. The summed E-state index contributed by atoms with van der Waals surface area (Å²) < 4.78 is 50.4. The van der Waals surface area contributed by atoms with Gasteiger partial charge in [0.2, 0.25) is 0 Å². The second-order valence-corrected chi connectivity index (χ2v) is 6.07. The van der Waals surface area contributed by atoms with Gasteiger partial charge in [0.1, 0.15) is 5.75 Å². The second-order valence-electron chi connectivity index (χ2n) is 5.66. The van der Waals surface area contributed by atoms with E-state index in [0.29, 0.717) is 0 Å². The highest BCUT2D eigenvalue weighted by Crippen LogP contribution is 2.55. The van der Waals surface area contributed by atoms with Crippen LogP contribution in [0.5, 0.6) is 5.75 Å². The Kier molecular flexibility index (Phi) is 4.56. The predicted octanol–water partition coefficient (Wildman–Crippen LogP) is 3.87. The van der Waals surface area contributed by atoms with Crippen molar-refractivity contribution in [2.75, 3.05) is 7.11 Å². The lowest BCUT2D eigenvalue weighted by Gasteiger charge is -2.32. The molecule has 0 radical (unpaired) electrons. The van der Waals surface area contributed by atoms with Gasteiger partial charge < -0.3 is 14.6 Å². The summed E-state index contributed by atoms with van der Waals surface area (Å²) in [6, 6.07) is 4.56. The third-order valence-electron chi connectivity index (χ3n) is 4.47. The van der Waals surface area contributed by atoms with E-state index >= 15 is 0 Å². The van der Waals surface area contributed by atoms with Crippen molar-refractivity contribution in [2.45, 2.75) is 37.6 Å². The first-order chi connectivity index (χ1) is 10.5. The first-order valence-electron chi connectivity index (χ1n) is 6.84. The molecule has 1 heterocycles. The molecule has 0 amide bonds. The van der Waals surface area contributed by atoms with Crippen molar-refractivity contribution in [3.8, 4) is 5.75 Å². The van der Waals surface area contributed by atoms with Crippen LogP contribution in [-0.2, 0) is 9.53 Å². The van der Waals surface area contributed by atoms with Crippen molar-refractivity contribution in [3.05, 3.63) is 28.8 Å². The van der Waals surface area contributed by atoms with Crippen molar-refractivity contribution in [3.63, 3.8) is 0 Å². The van der Waals surface area contributed by atoms with Gasteiger partial charge in [-0.15, -0.1) is 0 Å². The third kappa shape index (κ3) is 2.76. The summed E-state index contributed by atoms with van der Waals surface area (Å²) in [5.41, 5.74) is -2.29. The largest absolute Gasteiger partial charge is 0.495 e. The van der Waals surface area contributed by atoms with Crippen LogP contribution in [0.25, 0.3) is 0 Å². The van der Waals surface area contributed by atoms with Gasteiger partial charge in [-0.3, -0.25) is 0 Å². The van der Waals surface area contributed by atoms with Crippen molar-refractivity contribution in [1.82, 2.24) is 0 Å². The fourth-order valence-corrected chi connectivity index (χ4v) is 3.27. The van der Waals surface area contributed by atoms with E-state index in [0.717, 1.165) is 6.92 Å². The van der Waals surface area contributed by atoms with Crippen LogP contribution in [-0.4, -0.2) is 36.1 Å². The molecule has 8 heteroatoms. The Labute approximate surface area is 136 Å². The first-order valence-corrected chi connectivity index (χ1v) is 7.22. The number of alkyl halides is 3. The molecule has 1 N–H and O–H groups in total. The normalized spacial score (nSPS) is 31.2. The van der Waals surface area contributed by atoms with Gasteiger partial charge >= 0.3 is 12.1 Å². The summed E-state index contributed by atoms with van der Waals surface area (Å²) in [4.78, 5) is 11.5. The molecule has 4 atom stereocenters. The maximum atomic E-state index is 13.4. The minimum atomic E-state index is -4.71. The zero-order valence-electron chi connectivity index (χ0n) is 12.6. The Morgan fingerprint density at radius 3 is 2.52 bits per heavy atom. The fourth-order valence-electron chi connectivity index (χ4n) is 3.01. The lowest BCUT2D eigenvalue weighted by atomic mass is 9.77. The molecule has 0 saturated carbocycles. The summed E-state index contributed by atoms with van der Waals surface area (Å²) in [7, 11) is 1.32. The smallest absolute Gasteiger partial charge is 0.417 e. The molecule has 2 rings (SSSR count). The lowest BCUT2D eigenvalue weighted by Crippen LogP contribution is -2.47. The van der Waals surface area contributed by atoms with Crippen LogP contribution in [0.15, 0.2) is 18.2 Å². The summed E-state index contributed by atoms with van der Waals surface area (Å²) >= 11 is 6.01. The average Bonchev–Trinajstić information content (AvgIpc) is 2.72. The van der Waals surface area contributed by atoms with Gasteiger partial charge in [-0.1, -0.05) is 30.7 Å². The van der Waals surface area contributed by atoms with Crippen molar-refractivity contribution in [1.29, 1.82) is 0 Å². The molecule has 1 aliphatic heterocycles. The zero-order chi connectivity index (χ0) is 17.6. The van der Waals surface area contributed by atoms with E-state index in [1.54, 1.807) is 0 Å². The van der Waals surface area contributed by atoms with Gasteiger partial charge in [-0.25, -0.2) is 4.79 Å². The van der Waals surface area contributed by atoms with Gasteiger partial charge in [0, 0.05) is 17.4 Å². The Hall–Kier alpha value is -1.47. The van der Waals surface area contributed by atoms with Crippen LogP contribution in [0.2, 0.25) is 5.02 Å². The predicted molar refractivity (Wildman–Crippen MR) is 76.9 cm³/mol. The molecular weight excluding hydrogens is 337 g/mol. The zero-order valence-corrected chi connectivity index (χ0v) is 13.4. The summed E-state index contributed by atoms with van der Waals surface area (Å²) in [5.74, 6) is -3.49. The number of carbonyl (C=O) groups is 1. The van der Waals surface area contributed by atoms with Gasteiger partial charge in [0.05, 0.1) is 12.1 Å². The molecule has 0 spiro atoms. The Morgan fingerprint density at radius 1 is 1.43 bits per heavy atom. The van der Waals surface area contributed by atoms with Gasteiger partial charge in [0.25, 0.3) is 0 Å². The standard InChI is InChI=1S/C15H16ClF3O4/c1-7-10(8-5-4-6-9(16)11(8)22-3)12(13(20)21)23-14(7,2)15(17,18)19/h4-7,10,12H,1-3H3,(H,20,21)/t7-,10-,12+,14+/m0/s1. The number of benzene rings is 1. The first kappa shape index (κ1) is 17.9. The van der Waals surface area contributed by atoms with Crippen LogP contribution in [0.3, 0.4) is 0 Å². The van der Waals surface area contributed by atoms with E-state index in [1.807, 2.05) is 0 Å². The second kappa shape index (κ2) is 5.87. The van der Waals surface area contributed by atoms with Crippen molar-refractivity contribution < 1.29 is 32.5 Å². The van der Waals surface area contributed by atoms with Gasteiger partial charge in [-0.05, 0) is 13.0 Å². The molecule has 0 aliphatic carbocycles. The summed E-state index contributed by atoms with van der Waals surface area (Å²) in [5, 5.41) is 9.52. The molecule has 1 aromatic rings. The minimum Gasteiger partial charge on any atom is -0.495 e. The minimum absolute atomic E-state index is 0.160. The number of carboxylic acid groups (broad SMARTS) is 1. The molecule has 1 saturated heterocycles. The van der Waals surface area contributed by atoms with Gasteiger partial charge in [-0.2, -0.15) is 13.2 Å². The molecule has 0 aromatic heterocycles. The van der Waals surface area contributed by atoms with E-state index in [9.17, 15) is 23.1 Å². The maximum Gasteiger partial charge on any atom is 0.417 e. The highest BCUT2D eigenvalue weighted by Gasteiger charge is 2.65. The Bertz CT molecular complexity index is 619. The molecule has 23 heavy (non-hydrogen) atoms. The van der Waals surface area contributed by atoms with Crippen LogP contribution in [0, 0.1) is 5.92 Å². The van der Waals surface area contributed by atoms with E-state index in [2.05, 4.69) is 0 Å². The quantitative estimate of drug-likeness (QED) is 0.897. The number of halogens is 4. The summed E-state index contributed by atoms with van der Waals surface area (Å²) in [6.07, 6.45) is -6.36. The topological polar surface area (TPSA) is 55.8 Å². The molecule has 0 unspecified atom stereocenters. The number of methoxy groups -OCH3 is 1. The van der Waals surface area contributed by atoms with Crippen molar-refractivity contribution in [2.24, 2.45) is 5.92 Å². The van der Waals surface area contributed by atoms with E-state index in [4.69, 9.17) is 21.1 Å². The number of hydrogen-bond donors (Lipinski definition) is 1. The van der Waals surface area contributed by atoms with Crippen molar-refractivity contribution >= 4 is 17.6 Å². The third-order valence-corrected chi connectivity index (χ3v) is 4.77. The molecule has 1 aromatic carbocycles. The van der Waals surface area contributed by atoms with Crippen LogP contribution < -0.4 is 4.74 Å².